The van der Waals surface area contributed by atoms with Crippen molar-refractivity contribution in [3.63, 3.8) is 0 Å². The highest BCUT2D eigenvalue weighted by Crippen LogP contribution is 2.33. The summed E-state index contributed by atoms with van der Waals surface area (Å²) in [5, 5.41) is 8.24. The molecule has 1 atom stereocenters. The van der Waals surface area contributed by atoms with E-state index >= 15 is 0 Å². The first kappa shape index (κ1) is 21.7. The maximum Gasteiger partial charge on any atom is 0.250 e. The summed E-state index contributed by atoms with van der Waals surface area (Å²) in [5.41, 5.74) is 0.213. The number of piperidine rings is 1. The van der Waals surface area contributed by atoms with Crippen molar-refractivity contribution in [1.29, 1.82) is 0 Å². The van der Waals surface area contributed by atoms with Crippen LogP contribution in [-0.2, 0) is 10.0 Å². The fourth-order valence-corrected chi connectivity index (χ4v) is 5.42. The molecule has 0 spiro atoms. The Kier molecular flexibility index (Phi) is 6.27. The number of rotatable bonds is 6. The molecular weight excluding hydrogens is 445 g/mol. The highest BCUT2D eigenvalue weighted by Gasteiger charge is 2.33. The van der Waals surface area contributed by atoms with Gasteiger partial charge < -0.3 is 9.15 Å². The number of ether oxygens (including phenoxy) is 1. The molecule has 0 amide bonds. The van der Waals surface area contributed by atoms with Gasteiger partial charge in [0.2, 0.25) is 15.9 Å². The van der Waals surface area contributed by atoms with Crippen LogP contribution in [0.1, 0.15) is 31.6 Å². The molecule has 0 aliphatic carbocycles. The Hall–Kier alpha value is -2.49. The van der Waals surface area contributed by atoms with Crippen LogP contribution in [0.15, 0.2) is 51.8 Å². The van der Waals surface area contributed by atoms with Gasteiger partial charge in [0.05, 0.1) is 28.0 Å². The maximum absolute atomic E-state index is 14.0. The van der Waals surface area contributed by atoms with Crippen LogP contribution in [0.3, 0.4) is 0 Å². The van der Waals surface area contributed by atoms with Crippen molar-refractivity contribution >= 4 is 21.6 Å². The first-order valence-electron chi connectivity index (χ1n) is 9.91. The maximum atomic E-state index is 14.0. The quantitative estimate of drug-likeness (QED) is 0.533. The Balaban J connectivity index is 1.55. The summed E-state index contributed by atoms with van der Waals surface area (Å²) in [5.74, 6) is 0.0630. The molecule has 0 radical (unpaired) electrons. The largest absolute Gasteiger partial charge is 0.492 e. The zero-order valence-electron chi connectivity index (χ0n) is 16.8. The molecule has 1 aliphatic rings. The molecule has 10 heteroatoms. The van der Waals surface area contributed by atoms with Crippen molar-refractivity contribution in [3.8, 4) is 17.2 Å². The number of nitrogens with zero attached hydrogens (tertiary/aromatic N) is 3. The molecule has 3 aromatic rings. The third kappa shape index (κ3) is 4.44. The Morgan fingerprint density at radius 1 is 1.26 bits per heavy atom. The van der Waals surface area contributed by atoms with E-state index in [1.165, 1.54) is 22.5 Å². The lowest BCUT2D eigenvalue weighted by Crippen LogP contribution is -2.39. The van der Waals surface area contributed by atoms with Crippen molar-refractivity contribution in [2.75, 3.05) is 19.7 Å². The Labute approximate surface area is 184 Å². The number of sulfonamides is 1. The Bertz CT molecular complexity index is 1180. The molecule has 0 saturated carbocycles. The van der Waals surface area contributed by atoms with Crippen LogP contribution >= 0.6 is 11.6 Å². The molecule has 2 heterocycles. The molecule has 0 bridgehead atoms. The summed E-state index contributed by atoms with van der Waals surface area (Å²) >= 11 is 6.18. The van der Waals surface area contributed by atoms with E-state index in [-0.39, 0.29) is 33.8 Å². The third-order valence-corrected chi connectivity index (χ3v) is 7.28. The van der Waals surface area contributed by atoms with Gasteiger partial charge in [-0.05, 0) is 50.1 Å². The molecular formula is C21H21ClFN3O4S. The molecule has 1 aromatic heterocycles. The number of aromatic nitrogens is 2. The molecule has 1 aliphatic heterocycles. The van der Waals surface area contributed by atoms with Gasteiger partial charge in [-0.25, -0.2) is 12.8 Å². The normalized spacial score (nSPS) is 17.6. The number of hydrogen-bond acceptors (Lipinski definition) is 6. The number of halogens is 2. The second-order valence-corrected chi connectivity index (χ2v) is 9.50. The van der Waals surface area contributed by atoms with Crippen LogP contribution in [0.5, 0.6) is 5.75 Å². The van der Waals surface area contributed by atoms with Crippen LogP contribution in [-0.4, -0.2) is 42.6 Å². The van der Waals surface area contributed by atoms with E-state index in [2.05, 4.69) is 10.2 Å². The van der Waals surface area contributed by atoms with Crippen molar-refractivity contribution < 1.29 is 22.0 Å². The second kappa shape index (κ2) is 8.94. The minimum atomic E-state index is -3.77. The number of hydrogen-bond donors (Lipinski definition) is 0. The average molecular weight is 466 g/mol. The molecule has 1 fully saturated rings. The van der Waals surface area contributed by atoms with Crippen molar-refractivity contribution in [3.05, 3.63) is 59.2 Å². The van der Waals surface area contributed by atoms with Crippen LogP contribution in [0.2, 0.25) is 5.02 Å². The molecule has 4 rings (SSSR count). The summed E-state index contributed by atoms with van der Waals surface area (Å²) in [4.78, 5) is 0.0965. The van der Waals surface area contributed by atoms with E-state index in [0.717, 1.165) is 0 Å². The van der Waals surface area contributed by atoms with Gasteiger partial charge in [-0.2, -0.15) is 4.31 Å². The summed E-state index contributed by atoms with van der Waals surface area (Å²) < 4.78 is 52.8. The first-order valence-corrected chi connectivity index (χ1v) is 11.7. The molecule has 31 heavy (non-hydrogen) atoms. The lowest BCUT2D eigenvalue weighted by atomic mass is 10.00. The SMILES string of the molecule is CCOc1ccc(S(=O)(=O)N2CCC[C@@H](c3nnc(-c4ccccc4F)o3)C2)cc1Cl. The van der Waals surface area contributed by atoms with Crippen molar-refractivity contribution in [1.82, 2.24) is 14.5 Å². The minimum Gasteiger partial charge on any atom is -0.492 e. The molecule has 2 aromatic carbocycles. The summed E-state index contributed by atoms with van der Waals surface area (Å²) in [6.07, 6.45) is 1.32. The van der Waals surface area contributed by atoms with Crippen molar-refractivity contribution in [2.45, 2.75) is 30.6 Å². The average Bonchev–Trinajstić information content (AvgIpc) is 3.26. The lowest BCUT2D eigenvalue weighted by Gasteiger charge is -2.30. The molecule has 7 nitrogen and oxygen atoms in total. The standard InChI is InChI=1S/C21H21ClFN3O4S/c1-2-29-19-10-9-15(12-17(19)22)31(27,28)26-11-5-6-14(13-26)20-24-25-21(30-20)16-7-3-4-8-18(16)23/h3-4,7-10,12,14H,2,5-6,11,13H2,1H3/t14-/m1/s1. The summed E-state index contributed by atoms with van der Waals surface area (Å²) in [6, 6.07) is 10.6. The van der Waals surface area contributed by atoms with Gasteiger partial charge in [0, 0.05) is 13.1 Å². The fourth-order valence-electron chi connectivity index (χ4n) is 3.57. The summed E-state index contributed by atoms with van der Waals surface area (Å²) in [6.45, 7) is 2.81. The summed E-state index contributed by atoms with van der Waals surface area (Å²) in [7, 11) is -3.77. The highest BCUT2D eigenvalue weighted by molar-refractivity contribution is 7.89. The topological polar surface area (TPSA) is 85.5 Å². The van der Waals surface area contributed by atoms with Crippen LogP contribution in [0.4, 0.5) is 4.39 Å². The van der Waals surface area contributed by atoms with E-state index in [4.69, 9.17) is 20.8 Å². The molecule has 164 valence electrons. The smallest absolute Gasteiger partial charge is 0.250 e. The second-order valence-electron chi connectivity index (χ2n) is 7.15. The predicted octanol–water partition coefficient (Wildman–Crippen LogP) is 4.50. The molecule has 0 unspecified atom stereocenters. The van der Waals surface area contributed by atoms with Gasteiger partial charge in [0.25, 0.3) is 5.89 Å². The minimum absolute atomic E-state index is 0.0753. The molecule has 1 saturated heterocycles. The highest BCUT2D eigenvalue weighted by atomic mass is 35.5. The van der Waals surface area contributed by atoms with Crippen LogP contribution in [0.25, 0.3) is 11.5 Å². The van der Waals surface area contributed by atoms with Crippen LogP contribution in [0, 0.1) is 5.82 Å². The Morgan fingerprint density at radius 2 is 2.06 bits per heavy atom. The first-order chi connectivity index (χ1) is 14.9. The zero-order valence-corrected chi connectivity index (χ0v) is 18.4. The fraction of sp³-hybridized carbons (Fsp3) is 0.333. The monoisotopic (exact) mass is 465 g/mol. The van der Waals surface area contributed by atoms with E-state index in [1.54, 1.807) is 24.3 Å². The zero-order chi connectivity index (χ0) is 22.0. The van der Waals surface area contributed by atoms with E-state index in [9.17, 15) is 12.8 Å². The van der Waals surface area contributed by atoms with E-state index in [0.29, 0.717) is 37.6 Å². The number of benzene rings is 2. The van der Waals surface area contributed by atoms with Crippen molar-refractivity contribution in [2.24, 2.45) is 0 Å². The van der Waals surface area contributed by atoms with Gasteiger partial charge in [0.15, 0.2) is 0 Å². The third-order valence-electron chi connectivity index (χ3n) is 5.12. The van der Waals surface area contributed by atoms with Gasteiger partial charge in [-0.1, -0.05) is 23.7 Å². The molecule has 0 N–H and O–H groups in total. The van der Waals surface area contributed by atoms with Crippen LogP contribution < -0.4 is 4.74 Å². The Morgan fingerprint density at radius 3 is 2.81 bits per heavy atom. The van der Waals surface area contributed by atoms with Gasteiger partial charge in [-0.15, -0.1) is 10.2 Å². The lowest BCUT2D eigenvalue weighted by molar-refractivity contribution is 0.286. The van der Waals surface area contributed by atoms with Gasteiger partial charge in [-0.3, -0.25) is 0 Å². The predicted molar refractivity (Wildman–Crippen MR) is 113 cm³/mol. The van der Waals surface area contributed by atoms with E-state index in [1.807, 2.05) is 6.92 Å². The van der Waals surface area contributed by atoms with E-state index < -0.39 is 15.8 Å². The van der Waals surface area contributed by atoms with Gasteiger partial charge in [0.1, 0.15) is 11.6 Å². The van der Waals surface area contributed by atoms with Gasteiger partial charge >= 0.3 is 0 Å².